The van der Waals surface area contributed by atoms with Crippen LogP contribution in [-0.4, -0.2) is 5.60 Å². The van der Waals surface area contributed by atoms with Crippen LogP contribution < -0.4 is 4.74 Å². The number of hydrogen-bond acceptors (Lipinski definition) is 1. The minimum absolute atomic E-state index is 0.0874. The number of hydrogen-bond donors (Lipinski definition) is 0. The largest absolute Gasteiger partial charge is 0.482 e. The molecule has 1 nitrogen and oxygen atoms in total. The molecular weight excluding hydrogens is 287 g/mol. The Bertz CT molecular complexity index is 475. The van der Waals surface area contributed by atoms with Crippen molar-refractivity contribution >= 4 is 33.1 Å². The monoisotopic (exact) mass is 298 g/mol. The van der Waals surface area contributed by atoms with E-state index in [-0.39, 0.29) is 5.60 Å². The molecule has 84 valence electrons. The van der Waals surface area contributed by atoms with Crippen LogP contribution in [0.1, 0.15) is 25.3 Å². The van der Waals surface area contributed by atoms with Crippen molar-refractivity contribution in [2.45, 2.75) is 25.4 Å². The van der Waals surface area contributed by atoms with E-state index in [4.69, 9.17) is 16.3 Å². The van der Waals surface area contributed by atoms with Gasteiger partial charge in [-0.25, -0.2) is 0 Å². The summed E-state index contributed by atoms with van der Waals surface area (Å²) in [6.45, 7) is 2.26. The van der Waals surface area contributed by atoms with Crippen LogP contribution in [0.2, 0.25) is 5.02 Å². The average molecular weight is 300 g/mol. The number of rotatable bonds is 0. The van der Waals surface area contributed by atoms with Gasteiger partial charge in [0.15, 0.2) is 0 Å². The lowest BCUT2D eigenvalue weighted by atomic mass is 9.68. The summed E-state index contributed by atoms with van der Waals surface area (Å²) < 4.78 is 6.10. The van der Waals surface area contributed by atoms with Crippen LogP contribution in [0.5, 0.6) is 5.75 Å². The summed E-state index contributed by atoms with van der Waals surface area (Å²) in [7, 11) is 0. The molecule has 2 aliphatic rings. The molecule has 0 radical (unpaired) electrons. The lowest BCUT2D eigenvalue weighted by Gasteiger charge is -2.43. The fraction of sp³-hybridized carbons (Fsp3) is 0.385. The van der Waals surface area contributed by atoms with Gasteiger partial charge in [-0.15, -0.1) is 0 Å². The third-order valence-electron chi connectivity index (χ3n) is 3.50. The summed E-state index contributed by atoms with van der Waals surface area (Å²) in [6.07, 6.45) is 2.19. The van der Waals surface area contributed by atoms with Gasteiger partial charge < -0.3 is 4.74 Å². The van der Waals surface area contributed by atoms with Gasteiger partial charge in [-0.3, -0.25) is 0 Å². The lowest BCUT2D eigenvalue weighted by Crippen LogP contribution is -2.45. The molecule has 1 aliphatic carbocycles. The van der Waals surface area contributed by atoms with E-state index >= 15 is 0 Å². The number of benzene rings is 1. The highest BCUT2D eigenvalue weighted by atomic mass is 79.9. The van der Waals surface area contributed by atoms with Gasteiger partial charge in [0, 0.05) is 16.2 Å². The predicted octanol–water partition coefficient (Wildman–Crippen LogP) is 4.64. The van der Waals surface area contributed by atoms with Crippen LogP contribution in [0.25, 0.3) is 5.57 Å². The maximum Gasteiger partial charge on any atom is 0.136 e. The van der Waals surface area contributed by atoms with Crippen molar-refractivity contribution in [2.24, 2.45) is 5.92 Å². The van der Waals surface area contributed by atoms with E-state index in [1.165, 1.54) is 11.1 Å². The Morgan fingerprint density at radius 1 is 1.50 bits per heavy atom. The molecule has 1 saturated carbocycles. The Hall–Kier alpha value is -0.470. The SMILES string of the molecule is CC1CC2(C1)Oc1cc(Cl)ccc1/C2=C\Br. The molecule has 1 aromatic rings. The third-order valence-corrected chi connectivity index (χ3v) is 4.19. The van der Waals surface area contributed by atoms with E-state index in [2.05, 4.69) is 22.9 Å². The molecule has 1 fully saturated rings. The minimum Gasteiger partial charge on any atom is -0.482 e. The van der Waals surface area contributed by atoms with E-state index in [9.17, 15) is 0 Å². The maximum atomic E-state index is 6.10. The van der Waals surface area contributed by atoms with Crippen LogP contribution in [0.15, 0.2) is 23.2 Å². The Morgan fingerprint density at radius 3 is 2.88 bits per heavy atom. The highest BCUT2D eigenvalue weighted by molar-refractivity contribution is 9.11. The van der Waals surface area contributed by atoms with E-state index in [1.807, 2.05) is 23.2 Å². The number of fused-ring (bicyclic) bond motifs is 1. The summed E-state index contributed by atoms with van der Waals surface area (Å²) in [5, 5.41) is 0.733. The van der Waals surface area contributed by atoms with Gasteiger partial charge >= 0.3 is 0 Å². The molecule has 0 atom stereocenters. The number of ether oxygens (including phenoxy) is 1. The smallest absolute Gasteiger partial charge is 0.136 e. The van der Waals surface area contributed by atoms with E-state index in [0.717, 1.165) is 29.5 Å². The van der Waals surface area contributed by atoms with Gasteiger partial charge in [-0.1, -0.05) is 34.5 Å². The first-order valence-electron chi connectivity index (χ1n) is 5.44. The predicted molar refractivity (Wildman–Crippen MR) is 70.1 cm³/mol. The second-order valence-electron chi connectivity index (χ2n) is 4.77. The Balaban J connectivity index is 2.07. The van der Waals surface area contributed by atoms with Gasteiger partial charge in [-0.2, -0.15) is 0 Å². The van der Waals surface area contributed by atoms with E-state index in [1.54, 1.807) is 0 Å². The van der Waals surface area contributed by atoms with Crippen molar-refractivity contribution < 1.29 is 4.74 Å². The topological polar surface area (TPSA) is 9.23 Å². The molecule has 0 amide bonds. The zero-order valence-electron chi connectivity index (χ0n) is 8.97. The Morgan fingerprint density at radius 2 is 2.25 bits per heavy atom. The molecule has 1 aliphatic heterocycles. The molecule has 16 heavy (non-hydrogen) atoms. The zero-order valence-corrected chi connectivity index (χ0v) is 11.3. The van der Waals surface area contributed by atoms with Crippen LogP contribution >= 0.6 is 27.5 Å². The highest BCUT2D eigenvalue weighted by Crippen LogP contribution is 2.56. The zero-order chi connectivity index (χ0) is 11.3. The molecule has 0 bridgehead atoms. The molecule has 0 unspecified atom stereocenters. The second kappa shape index (κ2) is 3.51. The molecular formula is C13H12BrClO. The second-order valence-corrected chi connectivity index (χ2v) is 5.67. The lowest BCUT2D eigenvalue weighted by molar-refractivity contribution is 0.0204. The summed E-state index contributed by atoms with van der Waals surface area (Å²) in [5.41, 5.74) is 2.35. The summed E-state index contributed by atoms with van der Waals surface area (Å²) in [5.74, 6) is 1.66. The Labute approximate surface area is 109 Å². The normalized spacial score (nSPS) is 33.7. The van der Waals surface area contributed by atoms with Crippen molar-refractivity contribution in [3.63, 3.8) is 0 Å². The maximum absolute atomic E-state index is 6.10. The van der Waals surface area contributed by atoms with Crippen LogP contribution in [0.4, 0.5) is 0 Å². The first-order chi connectivity index (χ1) is 7.64. The molecule has 0 saturated heterocycles. The molecule has 3 heteroatoms. The van der Waals surface area contributed by atoms with Crippen molar-refractivity contribution in [3.8, 4) is 5.75 Å². The van der Waals surface area contributed by atoms with Crippen LogP contribution in [0, 0.1) is 5.92 Å². The minimum atomic E-state index is -0.0874. The molecule has 1 heterocycles. The van der Waals surface area contributed by atoms with Gasteiger partial charge in [0.1, 0.15) is 11.4 Å². The van der Waals surface area contributed by atoms with Crippen molar-refractivity contribution in [2.75, 3.05) is 0 Å². The number of halogens is 2. The summed E-state index contributed by atoms with van der Waals surface area (Å²) >= 11 is 9.45. The fourth-order valence-electron chi connectivity index (χ4n) is 2.84. The van der Waals surface area contributed by atoms with Crippen LogP contribution in [0.3, 0.4) is 0 Å². The molecule has 0 N–H and O–H groups in total. The summed E-state index contributed by atoms with van der Waals surface area (Å²) in [4.78, 5) is 2.00. The average Bonchev–Trinajstić information content (AvgIpc) is 2.50. The van der Waals surface area contributed by atoms with Crippen molar-refractivity contribution in [1.82, 2.24) is 0 Å². The van der Waals surface area contributed by atoms with Gasteiger partial charge in [0.05, 0.1) is 0 Å². The standard InChI is InChI=1S/C13H12BrClO/c1-8-5-13(6-8)11(7-14)10-3-2-9(15)4-12(10)16-13/h2-4,7-8H,5-6H2,1H3/b11-7+. The summed E-state index contributed by atoms with van der Waals surface area (Å²) in [6, 6.07) is 5.87. The van der Waals surface area contributed by atoms with E-state index in [0.29, 0.717) is 0 Å². The molecule has 1 spiro atoms. The molecule has 0 aromatic heterocycles. The van der Waals surface area contributed by atoms with Gasteiger partial charge in [-0.05, 0) is 41.9 Å². The highest BCUT2D eigenvalue weighted by Gasteiger charge is 2.52. The first kappa shape index (κ1) is 10.7. The third kappa shape index (κ3) is 1.36. The van der Waals surface area contributed by atoms with Gasteiger partial charge in [0.2, 0.25) is 0 Å². The van der Waals surface area contributed by atoms with E-state index < -0.39 is 0 Å². The fourth-order valence-corrected chi connectivity index (χ4v) is 3.67. The Kier molecular flexibility index (Phi) is 2.34. The van der Waals surface area contributed by atoms with Crippen molar-refractivity contribution in [1.29, 1.82) is 0 Å². The van der Waals surface area contributed by atoms with Gasteiger partial charge in [0.25, 0.3) is 0 Å². The molecule has 3 rings (SSSR count). The first-order valence-corrected chi connectivity index (χ1v) is 6.74. The van der Waals surface area contributed by atoms with Crippen LogP contribution in [-0.2, 0) is 0 Å². The van der Waals surface area contributed by atoms with Crippen molar-refractivity contribution in [3.05, 3.63) is 33.8 Å². The quantitative estimate of drug-likeness (QED) is 0.678. The molecule has 1 aromatic carbocycles.